The van der Waals surface area contributed by atoms with Crippen LogP contribution in [0.15, 0.2) is 53.4 Å². The van der Waals surface area contributed by atoms with E-state index in [1.54, 1.807) is 13.0 Å². The zero-order chi connectivity index (χ0) is 15.5. The maximum absolute atomic E-state index is 12.3. The lowest BCUT2D eigenvalue weighted by atomic mass is 10.1. The predicted octanol–water partition coefficient (Wildman–Crippen LogP) is 2.79. The molecule has 5 nitrogen and oxygen atoms in total. The van der Waals surface area contributed by atoms with Gasteiger partial charge in [-0.05, 0) is 36.4 Å². The summed E-state index contributed by atoms with van der Waals surface area (Å²) >= 11 is 0. The maximum atomic E-state index is 12.3. The molecule has 0 bridgehead atoms. The number of sulfonamides is 1. The lowest BCUT2D eigenvalue weighted by molar-refractivity contribution is 0.0988. The number of aromatic hydroxyl groups is 1. The number of phenolic OH excluding ortho intramolecular Hbond substituents is 1. The molecule has 0 saturated heterocycles. The fourth-order valence-electron chi connectivity index (χ4n) is 1.78. The van der Waals surface area contributed by atoms with Crippen LogP contribution in [0, 0.1) is 0 Å². The molecular formula is C15H15NO4S. The normalized spacial score (nSPS) is 11.1. The highest BCUT2D eigenvalue weighted by Crippen LogP contribution is 2.19. The largest absolute Gasteiger partial charge is 0.508 e. The van der Waals surface area contributed by atoms with E-state index in [0.717, 1.165) is 0 Å². The van der Waals surface area contributed by atoms with Crippen LogP contribution >= 0.6 is 0 Å². The Morgan fingerprint density at radius 3 is 2.43 bits per heavy atom. The number of benzene rings is 2. The van der Waals surface area contributed by atoms with E-state index in [0.29, 0.717) is 17.7 Å². The highest BCUT2D eigenvalue weighted by atomic mass is 32.2. The van der Waals surface area contributed by atoms with Crippen LogP contribution in [0.1, 0.15) is 23.7 Å². The fourth-order valence-corrected chi connectivity index (χ4v) is 2.89. The molecule has 2 rings (SSSR count). The Balaban J connectivity index is 2.31. The molecule has 2 aromatic carbocycles. The summed E-state index contributed by atoms with van der Waals surface area (Å²) in [7, 11) is -3.77. The fraction of sp³-hybridized carbons (Fsp3) is 0.133. The lowest BCUT2D eigenvalue weighted by Crippen LogP contribution is -2.13. The molecule has 0 unspecified atom stereocenters. The Bertz CT molecular complexity index is 751. The van der Waals surface area contributed by atoms with Crippen LogP contribution in [0.2, 0.25) is 0 Å². The van der Waals surface area contributed by atoms with Gasteiger partial charge in [-0.15, -0.1) is 0 Å². The molecule has 0 heterocycles. The number of hydrogen-bond donors (Lipinski definition) is 2. The summed E-state index contributed by atoms with van der Waals surface area (Å²) in [5.74, 6) is -0.0647. The molecule has 0 aliphatic rings. The van der Waals surface area contributed by atoms with Crippen molar-refractivity contribution in [3.8, 4) is 5.75 Å². The van der Waals surface area contributed by atoms with Crippen molar-refractivity contribution >= 4 is 21.5 Å². The maximum Gasteiger partial charge on any atom is 0.261 e. The Morgan fingerprint density at radius 1 is 1.14 bits per heavy atom. The minimum atomic E-state index is -3.77. The van der Waals surface area contributed by atoms with Crippen LogP contribution in [0.4, 0.5) is 5.69 Å². The van der Waals surface area contributed by atoms with E-state index in [2.05, 4.69) is 4.72 Å². The number of phenols is 1. The van der Waals surface area contributed by atoms with Crippen molar-refractivity contribution in [1.82, 2.24) is 0 Å². The van der Waals surface area contributed by atoms with Crippen LogP contribution in [0.5, 0.6) is 5.75 Å². The third-order valence-corrected chi connectivity index (χ3v) is 4.29. The molecule has 6 heteroatoms. The Hall–Kier alpha value is -2.34. The molecule has 21 heavy (non-hydrogen) atoms. The topological polar surface area (TPSA) is 83.5 Å². The van der Waals surface area contributed by atoms with Gasteiger partial charge in [-0.25, -0.2) is 8.42 Å². The summed E-state index contributed by atoms with van der Waals surface area (Å²) in [6.45, 7) is 1.72. The number of carbonyl (C=O) groups is 1. The molecule has 0 saturated carbocycles. The van der Waals surface area contributed by atoms with Crippen molar-refractivity contribution in [3.05, 3.63) is 54.1 Å². The van der Waals surface area contributed by atoms with Crippen LogP contribution < -0.4 is 4.72 Å². The molecule has 0 fully saturated rings. The third-order valence-electron chi connectivity index (χ3n) is 2.91. The number of Topliss-reactive ketones (excluding diaryl/α,β-unsaturated/α-hetero) is 1. The smallest absolute Gasteiger partial charge is 0.261 e. The van der Waals surface area contributed by atoms with Gasteiger partial charge in [-0.3, -0.25) is 9.52 Å². The molecule has 0 atom stereocenters. The summed E-state index contributed by atoms with van der Waals surface area (Å²) in [5, 5.41) is 9.18. The molecule has 0 radical (unpaired) electrons. The van der Waals surface area contributed by atoms with E-state index in [1.807, 2.05) is 0 Å². The second kappa shape index (κ2) is 5.97. The molecule has 0 aliphatic heterocycles. The number of ketones is 1. The van der Waals surface area contributed by atoms with E-state index in [9.17, 15) is 18.3 Å². The molecule has 0 spiro atoms. The highest BCUT2D eigenvalue weighted by molar-refractivity contribution is 7.92. The third kappa shape index (κ3) is 3.61. The van der Waals surface area contributed by atoms with Gasteiger partial charge in [0.05, 0.1) is 4.90 Å². The lowest BCUT2D eigenvalue weighted by Gasteiger charge is -2.09. The minimum Gasteiger partial charge on any atom is -0.508 e. The second-order valence-electron chi connectivity index (χ2n) is 4.46. The first kappa shape index (κ1) is 15.1. The van der Waals surface area contributed by atoms with Crippen LogP contribution in [0.25, 0.3) is 0 Å². The van der Waals surface area contributed by atoms with E-state index in [4.69, 9.17) is 0 Å². The van der Waals surface area contributed by atoms with Crippen LogP contribution in [0.3, 0.4) is 0 Å². The van der Waals surface area contributed by atoms with Crippen molar-refractivity contribution < 1.29 is 18.3 Å². The van der Waals surface area contributed by atoms with Gasteiger partial charge < -0.3 is 5.11 Å². The molecule has 2 N–H and O–H groups in total. The van der Waals surface area contributed by atoms with Gasteiger partial charge in [0.15, 0.2) is 5.78 Å². The molecule has 0 amide bonds. The van der Waals surface area contributed by atoms with Crippen LogP contribution in [-0.2, 0) is 10.0 Å². The Morgan fingerprint density at radius 2 is 1.81 bits per heavy atom. The quantitative estimate of drug-likeness (QED) is 0.657. The van der Waals surface area contributed by atoms with E-state index in [-0.39, 0.29) is 16.4 Å². The van der Waals surface area contributed by atoms with Crippen LogP contribution in [-0.4, -0.2) is 19.3 Å². The van der Waals surface area contributed by atoms with Gasteiger partial charge in [0.2, 0.25) is 0 Å². The highest BCUT2D eigenvalue weighted by Gasteiger charge is 2.16. The molecule has 0 aliphatic carbocycles. The van der Waals surface area contributed by atoms with Crippen molar-refractivity contribution in [2.24, 2.45) is 0 Å². The van der Waals surface area contributed by atoms with Crippen molar-refractivity contribution in [2.45, 2.75) is 18.2 Å². The number of rotatable bonds is 5. The van der Waals surface area contributed by atoms with Crippen molar-refractivity contribution in [2.75, 3.05) is 4.72 Å². The summed E-state index contributed by atoms with van der Waals surface area (Å²) in [5.41, 5.74) is 0.700. The van der Waals surface area contributed by atoms with E-state index < -0.39 is 10.0 Å². The first-order valence-corrected chi connectivity index (χ1v) is 7.86. The zero-order valence-electron chi connectivity index (χ0n) is 11.4. The SMILES string of the molecule is CCC(=O)c1cccc(S(=O)(=O)Nc2ccc(O)cc2)c1. The van der Waals surface area contributed by atoms with Crippen molar-refractivity contribution in [1.29, 1.82) is 0 Å². The van der Waals surface area contributed by atoms with Gasteiger partial charge >= 0.3 is 0 Å². The van der Waals surface area contributed by atoms with Gasteiger partial charge in [0.25, 0.3) is 10.0 Å². The predicted molar refractivity (Wildman–Crippen MR) is 80.0 cm³/mol. The van der Waals surface area contributed by atoms with Gasteiger partial charge in [-0.2, -0.15) is 0 Å². The average molecular weight is 305 g/mol. The molecular weight excluding hydrogens is 290 g/mol. The number of hydrogen-bond acceptors (Lipinski definition) is 4. The van der Waals surface area contributed by atoms with E-state index in [1.165, 1.54) is 42.5 Å². The summed E-state index contributed by atoms with van der Waals surface area (Å²) in [4.78, 5) is 11.7. The zero-order valence-corrected chi connectivity index (χ0v) is 12.2. The number of nitrogens with one attached hydrogen (secondary N) is 1. The van der Waals surface area contributed by atoms with Gasteiger partial charge in [-0.1, -0.05) is 19.1 Å². The second-order valence-corrected chi connectivity index (χ2v) is 6.14. The monoisotopic (exact) mass is 305 g/mol. The van der Waals surface area contributed by atoms with Gasteiger partial charge in [0, 0.05) is 17.7 Å². The minimum absolute atomic E-state index is 0.0230. The summed E-state index contributed by atoms with van der Waals surface area (Å²) in [6, 6.07) is 11.6. The summed E-state index contributed by atoms with van der Waals surface area (Å²) < 4.78 is 26.9. The first-order chi connectivity index (χ1) is 9.92. The molecule has 0 aromatic heterocycles. The molecule has 110 valence electrons. The number of anilines is 1. The average Bonchev–Trinajstić information content (AvgIpc) is 2.49. The number of carbonyl (C=O) groups excluding carboxylic acids is 1. The molecule has 2 aromatic rings. The Labute approximate surface area is 123 Å². The Kier molecular flexibility index (Phi) is 4.28. The summed E-state index contributed by atoms with van der Waals surface area (Å²) in [6.07, 6.45) is 0.314. The van der Waals surface area contributed by atoms with Crippen molar-refractivity contribution in [3.63, 3.8) is 0 Å². The van der Waals surface area contributed by atoms with Gasteiger partial charge in [0.1, 0.15) is 5.75 Å². The standard InChI is InChI=1S/C15H15NO4S/c1-2-15(18)11-4-3-5-14(10-11)21(19,20)16-12-6-8-13(17)9-7-12/h3-10,16-17H,2H2,1H3. The van der Waals surface area contributed by atoms with E-state index >= 15 is 0 Å². The first-order valence-electron chi connectivity index (χ1n) is 6.37.